The molecule has 1 unspecified atom stereocenters. The van der Waals surface area contributed by atoms with Crippen LogP contribution in [-0.4, -0.2) is 102 Å². The van der Waals surface area contributed by atoms with Crippen LogP contribution in [0, 0.1) is 0 Å². The summed E-state index contributed by atoms with van der Waals surface area (Å²) < 4.78 is 16.7. The maximum absolute atomic E-state index is 12.5. The van der Waals surface area contributed by atoms with Gasteiger partial charge in [-0.25, -0.2) is 9.97 Å². The number of nitrogens with one attached hydrogen (secondary N) is 2. The fourth-order valence-corrected chi connectivity index (χ4v) is 5.21. The van der Waals surface area contributed by atoms with Crippen molar-refractivity contribution >= 4 is 29.4 Å². The van der Waals surface area contributed by atoms with E-state index in [1.54, 1.807) is 57.4 Å². The number of carbonyl (C=O) groups excluding carboxylic acids is 3. The summed E-state index contributed by atoms with van der Waals surface area (Å²) in [7, 11) is 0. The van der Waals surface area contributed by atoms with Crippen molar-refractivity contribution in [3.8, 4) is 16.9 Å². The fourth-order valence-electron chi connectivity index (χ4n) is 5.21. The number of hydrogen-bond donors (Lipinski definition) is 2. The summed E-state index contributed by atoms with van der Waals surface area (Å²) in [5.74, 6) is 0.511. The molecule has 12 heteroatoms. The van der Waals surface area contributed by atoms with Crippen LogP contribution in [-0.2, 0) is 19.1 Å². The summed E-state index contributed by atoms with van der Waals surface area (Å²) in [6.07, 6.45) is 4.98. The third-order valence-corrected chi connectivity index (χ3v) is 7.62. The molecule has 5 rings (SSSR count). The minimum absolute atomic E-state index is 0.135. The van der Waals surface area contributed by atoms with Gasteiger partial charge in [0.1, 0.15) is 30.6 Å². The van der Waals surface area contributed by atoms with Crippen LogP contribution in [0.3, 0.4) is 0 Å². The Labute approximate surface area is 269 Å². The third-order valence-electron chi connectivity index (χ3n) is 7.62. The lowest BCUT2D eigenvalue weighted by Gasteiger charge is -2.35. The molecular formula is C34H42N6O6. The molecule has 3 heterocycles. The molecule has 2 aliphatic rings. The van der Waals surface area contributed by atoms with Gasteiger partial charge in [-0.3, -0.25) is 19.3 Å². The van der Waals surface area contributed by atoms with Gasteiger partial charge in [0.2, 0.25) is 5.95 Å². The zero-order chi connectivity index (χ0) is 32.5. The Bertz CT molecular complexity index is 1460. The number of amides is 2. The van der Waals surface area contributed by atoms with Crippen molar-refractivity contribution in [1.82, 2.24) is 25.1 Å². The SMILES string of the molecule is CC(C)(C)OC(=O)CNC(=O)c1ccc(-c2cnc(Nc3ccc(OCCN4CCN(C(=O)C5CCCO5)CC4)cc3)nc2)cc1. The molecule has 3 aromatic rings. The number of rotatable bonds is 11. The number of nitrogens with zero attached hydrogens (tertiary/aromatic N) is 4. The summed E-state index contributed by atoms with van der Waals surface area (Å²) in [6.45, 7) is 10.3. The van der Waals surface area contributed by atoms with Crippen molar-refractivity contribution in [2.75, 3.05) is 57.8 Å². The molecule has 12 nitrogen and oxygen atoms in total. The molecule has 244 valence electrons. The number of carbonyl (C=O) groups is 3. The van der Waals surface area contributed by atoms with E-state index in [2.05, 4.69) is 25.5 Å². The highest BCUT2D eigenvalue weighted by molar-refractivity contribution is 5.96. The van der Waals surface area contributed by atoms with E-state index in [0.29, 0.717) is 24.7 Å². The quantitative estimate of drug-likeness (QED) is 0.302. The minimum Gasteiger partial charge on any atom is -0.492 e. The third kappa shape index (κ3) is 9.48. The molecule has 0 radical (unpaired) electrons. The van der Waals surface area contributed by atoms with Crippen LogP contribution in [0.1, 0.15) is 44.0 Å². The number of esters is 1. The molecule has 2 aromatic carbocycles. The van der Waals surface area contributed by atoms with E-state index in [1.165, 1.54) is 0 Å². The number of hydrogen-bond acceptors (Lipinski definition) is 10. The number of ether oxygens (including phenoxy) is 3. The zero-order valence-corrected chi connectivity index (χ0v) is 26.7. The van der Waals surface area contributed by atoms with Crippen LogP contribution < -0.4 is 15.4 Å². The van der Waals surface area contributed by atoms with Gasteiger partial charge in [0.15, 0.2) is 0 Å². The Balaban J connectivity index is 1.02. The molecule has 0 aliphatic carbocycles. The molecule has 46 heavy (non-hydrogen) atoms. The second-order valence-corrected chi connectivity index (χ2v) is 12.3. The highest BCUT2D eigenvalue weighted by Gasteiger charge is 2.30. The van der Waals surface area contributed by atoms with Crippen molar-refractivity contribution in [3.05, 3.63) is 66.5 Å². The Kier molecular flexibility index (Phi) is 10.8. The largest absolute Gasteiger partial charge is 0.492 e. The van der Waals surface area contributed by atoms with E-state index < -0.39 is 11.6 Å². The Morgan fingerprint density at radius 3 is 2.26 bits per heavy atom. The predicted octanol–water partition coefficient (Wildman–Crippen LogP) is 3.66. The number of piperazine rings is 1. The van der Waals surface area contributed by atoms with Crippen molar-refractivity contribution in [3.63, 3.8) is 0 Å². The Morgan fingerprint density at radius 1 is 0.935 bits per heavy atom. The standard InChI is InChI=1S/C34H42N6O6/c1-34(2,3)46-30(41)23-35-31(42)25-8-6-24(7-9-25)26-21-36-33(37-22-26)38-27-10-12-28(13-11-27)44-20-18-39-14-16-40(17-15-39)32(43)29-5-4-19-45-29/h6-13,21-22,29H,4-5,14-20,23H2,1-3H3,(H,35,42)(H,36,37,38). The van der Waals surface area contributed by atoms with Crippen LogP contribution in [0.5, 0.6) is 5.75 Å². The van der Waals surface area contributed by atoms with Gasteiger partial charge in [-0.1, -0.05) is 12.1 Å². The van der Waals surface area contributed by atoms with E-state index >= 15 is 0 Å². The molecule has 0 spiro atoms. The van der Waals surface area contributed by atoms with Crippen LogP contribution in [0.15, 0.2) is 60.9 Å². The molecule has 2 amide bonds. The average molecular weight is 631 g/mol. The smallest absolute Gasteiger partial charge is 0.325 e. The molecule has 0 bridgehead atoms. The lowest BCUT2D eigenvalue weighted by Crippen LogP contribution is -2.52. The van der Waals surface area contributed by atoms with Gasteiger partial charge in [0, 0.05) is 68.5 Å². The first-order valence-corrected chi connectivity index (χ1v) is 15.7. The summed E-state index contributed by atoms with van der Waals surface area (Å²) in [5, 5.41) is 5.77. The summed E-state index contributed by atoms with van der Waals surface area (Å²) in [6, 6.07) is 14.6. The highest BCUT2D eigenvalue weighted by Crippen LogP contribution is 2.22. The first kappa shape index (κ1) is 32.8. The van der Waals surface area contributed by atoms with Gasteiger partial charge in [-0.05, 0) is 75.6 Å². The summed E-state index contributed by atoms with van der Waals surface area (Å²) in [4.78, 5) is 49.9. The number of benzene rings is 2. The lowest BCUT2D eigenvalue weighted by atomic mass is 10.1. The second-order valence-electron chi connectivity index (χ2n) is 12.3. The summed E-state index contributed by atoms with van der Waals surface area (Å²) >= 11 is 0. The normalized spacial score (nSPS) is 16.9. The monoisotopic (exact) mass is 630 g/mol. The maximum Gasteiger partial charge on any atom is 0.325 e. The Morgan fingerprint density at radius 2 is 1.63 bits per heavy atom. The molecule has 2 N–H and O–H groups in total. The van der Waals surface area contributed by atoms with Gasteiger partial charge in [-0.15, -0.1) is 0 Å². The van der Waals surface area contributed by atoms with E-state index in [0.717, 1.165) is 68.1 Å². The predicted molar refractivity (Wildman–Crippen MR) is 173 cm³/mol. The molecule has 2 saturated heterocycles. The van der Waals surface area contributed by atoms with Gasteiger partial charge < -0.3 is 29.7 Å². The average Bonchev–Trinajstić information content (AvgIpc) is 3.60. The topological polar surface area (TPSA) is 135 Å². The van der Waals surface area contributed by atoms with Crippen molar-refractivity contribution < 1.29 is 28.6 Å². The van der Waals surface area contributed by atoms with Crippen molar-refractivity contribution in [2.24, 2.45) is 0 Å². The van der Waals surface area contributed by atoms with Crippen molar-refractivity contribution in [2.45, 2.75) is 45.3 Å². The fraction of sp³-hybridized carbons (Fsp3) is 0.441. The Hall–Kier alpha value is -4.55. The first-order valence-electron chi connectivity index (χ1n) is 15.7. The molecular weight excluding hydrogens is 588 g/mol. The van der Waals surface area contributed by atoms with Crippen LogP contribution >= 0.6 is 0 Å². The molecule has 0 saturated carbocycles. The molecule has 2 fully saturated rings. The highest BCUT2D eigenvalue weighted by atomic mass is 16.6. The van der Waals surface area contributed by atoms with Crippen LogP contribution in [0.2, 0.25) is 0 Å². The van der Waals surface area contributed by atoms with Gasteiger partial charge in [0.25, 0.3) is 11.8 Å². The lowest BCUT2D eigenvalue weighted by molar-refractivity contribution is -0.153. The van der Waals surface area contributed by atoms with Gasteiger partial charge in [0.05, 0.1) is 0 Å². The van der Waals surface area contributed by atoms with Gasteiger partial charge in [-0.2, -0.15) is 0 Å². The van der Waals surface area contributed by atoms with Gasteiger partial charge >= 0.3 is 5.97 Å². The number of aromatic nitrogens is 2. The minimum atomic E-state index is -0.607. The van der Waals surface area contributed by atoms with Crippen molar-refractivity contribution in [1.29, 1.82) is 0 Å². The van der Waals surface area contributed by atoms with Crippen LogP contribution in [0.4, 0.5) is 11.6 Å². The molecule has 1 atom stereocenters. The molecule has 2 aliphatic heterocycles. The second kappa shape index (κ2) is 15.2. The van der Waals surface area contributed by atoms with Crippen LogP contribution in [0.25, 0.3) is 11.1 Å². The van der Waals surface area contributed by atoms with E-state index in [9.17, 15) is 14.4 Å². The van der Waals surface area contributed by atoms with E-state index in [-0.39, 0.29) is 24.5 Å². The van der Waals surface area contributed by atoms with E-state index in [1.807, 2.05) is 29.2 Å². The van der Waals surface area contributed by atoms with E-state index in [4.69, 9.17) is 14.2 Å². The first-order chi connectivity index (χ1) is 22.1. The summed E-state index contributed by atoms with van der Waals surface area (Å²) in [5.41, 5.74) is 2.30. The number of anilines is 2. The zero-order valence-electron chi connectivity index (χ0n) is 26.7. The molecule has 1 aromatic heterocycles. The maximum atomic E-state index is 12.5.